The number of aldehydes is 1. The monoisotopic (exact) mass is 277 g/mol. The molecule has 100 valence electrons. The molecule has 0 bridgehead atoms. The van der Waals surface area contributed by atoms with Crippen LogP contribution in [0.5, 0.6) is 0 Å². The molecule has 1 heterocycles. The molecule has 2 rings (SSSR count). The van der Waals surface area contributed by atoms with Crippen molar-refractivity contribution in [2.75, 3.05) is 0 Å². The molecule has 19 heavy (non-hydrogen) atoms. The molecule has 0 amide bonds. The Hall–Kier alpha value is -1.88. The molecule has 0 radical (unpaired) electrons. The van der Waals surface area contributed by atoms with Crippen LogP contribution in [0.4, 0.5) is 0 Å². The maximum absolute atomic E-state index is 12.5. The first-order valence-electron chi connectivity index (χ1n) is 5.91. The van der Waals surface area contributed by atoms with Gasteiger partial charge in [0.2, 0.25) is 0 Å². The van der Waals surface area contributed by atoms with Gasteiger partial charge < -0.3 is 4.79 Å². The maximum Gasteiger partial charge on any atom is 0.267 e. The van der Waals surface area contributed by atoms with E-state index in [0.29, 0.717) is 5.69 Å². The summed E-state index contributed by atoms with van der Waals surface area (Å²) in [6.45, 7) is 3.56. The number of carbonyl (C=O) groups is 1. The first kappa shape index (κ1) is 13.5. The zero-order valence-corrected chi connectivity index (χ0v) is 11.6. The molecule has 0 N–H and O–H groups in total. The minimum atomic E-state index is -3.64. The summed E-state index contributed by atoms with van der Waals surface area (Å²) in [5.74, 6) is -0.463. The average Bonchev–Trinajstić information content (AvgIpc) is 2.88. The molecule has 0 saturated heterocycles. The van der Waals surface area contributed by atoms with E-state index in [9.17, 15) is 13.2 Å². The molecule has 0 saturated carbocycles. The number of nitrogens with zero attached hydrogens (tertiary/aromatic N) is 1. The van der Waals surface area contributed by atoms with Crippen molar-refractivity contribution in [3.05, 3.63) is 53.9 Å². The normalized spacial score (nSPS) is 13.2. The summed E-state index contributed by atoms with van der Waals surface area (Å²) in [5.41, 5.74) is 1.46. The van der Waals surface area contributed by atoms with E-state index in [-0.39, 0.29) is 4.90 Å². The molecule has 0 aliphatic heterocycles. The third kappa shape index (κ3) is 2.46. The summed E-state index contributed by atoms with van der Waals surface area (Å²) in [4.78, 5) is 11.1. The van der Waals surface area contributed by atoms with Gasteiger partial charge in [-0.1, -0.05) is 24.6 Å². The van der Waals surface area contributed by atoms with Crippen molar-refractivity contribution in [2.24, 2.45) is 0 Å². The molecule has 0 aliphatic carbocycles. The van der Waals surface area contributed by atoms with Gasteiger partial charge in [0.15, 0.2) is 0 Å². The number of aryl methyl sites for hydroxylation is 1. The number of hydrogen-bond donors (Lipinski definition) is 0. The Morgan fingerprint density at radius 2 is 1.79 bits per heavy atom. The molecular formula is C14H15NO3S. The van der Waals surface area contributed by atoms with Crippen molar-refractivity contribution in [1.29, 1.82) is 0 Å². The summed E-state index contributed by atoms with van der Waals surface area (Å²) < 4.78 is 26.2. The summed E-state index contributed by atoms with van der Waals surface area (Å²) >= 11 is 0. The van der Waals surface area contributed by atoms with E-state index in [4.69, 9.17) is 0 Å². The van der Waals surface area contributed by atoms with E-state index in [1.165, 1.54) is 6.20 Å². The lowest BCUT2D eigenvalue weighted by Gasteiger charge is -2.12. The van der Waals surface area contributed by atoms with Crippen LogP contribution in [0.3, 0.4) is 0 Å². The van der Waals surface area contributed by atoms with Crippen molar-refractivity contribution < 1.29 is 13.2 Å². The quantitative estimate of drug-likeness (QED) is 0.806. The Morgan fingerprint density at radius 3 is 2.37 bits per heavy atom. The highest BCUT2D eigenvalue weighted by Gasteiger charge is 2.21. The lowest BCUT2D eigenvalue weighted by Crippen LogP contribution is -2.16. The highest BCUT2D eigenvalue weighted by Crippen LogP contribution is 2.21. The van der Waals surface area contributed by atoms with Crippen LogP contribution in [-0.4, -0.2) is 18.7 Å². The van der Waals surface area contributed by atoms with Gasteiger partial charge in [0.25, 0.3) is 10.0 Å². The van der Waals surface area contributed by atoms with Gasteiger partial charge >= 0.3 is 0 Å². The Bertz CT molecular complexity index is 684. The van der Waals surface area contributed by atoms with Gasteiger partial charge in [0, 0.05) is 11.9 Å². The van der Waals surface area contributed by atoms with Crippen LogP contribution in [0.2, 0.25) is 0 Å². The molecule has 0 spiro atoms. The summed E-state index contributed by atoms with van der Waals surface area (Å²) in [5, 5.41) is 0. The van der Waals surface area contributed by atoms with Crippen LogP contribution >= 0.6 is 0 Å². The van der Waals surface area contributed by atoms with E-state index in [0.717, 1.165) is 15.8 Å². The van der Waals surface area contributed by atoms with E-state index in [1.807, 2.05) is 6.92 Å². The minimum Gasteiger partial charge on any atom is -0.303 e. The summed E-state index contributed by atoms with van der Waals surface area (Å²) in [6.07, 6.45) is 2.20. The number of benzene rings is 1. The molecule has 0 fully saturated rings. The van der Waals surface area contributed by atoms with Gasteiger partial charge in [-0.15, -0.1) is 0 Å². The fourth-order valence-electron chi connectivity index (χ4n) is 1.84. The van der Waals surface area contributed by atoms with Crippen LogP contribution in [0, 0.1) is 6.92 Å². The first-order chi connectivity index (χ1) is 8.96. The lowest BCUT2D eigenvalue weighted by molar-refractivity contribution is -0.108. The largest absolute Gasteiger partial charge is 0.303 e. The van der Waals surface area contributed by atoms with E-state index < -0.39 is 15.9 Å². The second kappa shape index (κ2) is 5.01. The fraction of sp³-hybridized carbons (Fsp3) is 0.214. The highest BCUT2D eigenvalue weighted by atomic mass is 32.2. The molecule has 1 aromatic carbocycles. The molecule has 1 aromatic heterocycles. The van der Waals surface area contributed by atoms with Gasteiger partial charge in [0.1, 0.15) is 6.29 Å². The van der Waals surface area contributed by atoms with Crippen LogP contribution < -0.4 is 0 Å². The fourth-order valence-corrected chi connectivity index (χ4v) is 3.29. The molecular weight excluding hydrogens is 262 g/mol. The van der Waals surface area contributed by atoms with Crippen molar-refractivity contribution in [1.82, 2.24) is 3.97 Å². The van der Waals surface area contributed by atoms with Gasteiger partial charge in [-0.25, -0.2) is 12.4 Å². The molecule has 2 aromatic rings. The number of carbonyl (C=O) groups excluding carboxylic acids is 1. The molecule has 1 atom stereocenters. The highest BCUT2D eigenvalue weighted by molar-refractivity contribution is 7.90. The maximum atomic E-state index is 12.5. The van der Waals surface area contributed by atoms with Gasteiger partial charge in [-0.3, -0.25) is 0 Å². The molecule has 1 unspecified atom stereocenters. The smallest absolute Gasteiger partial charge is 0.267 e. The second-order valence-corrected chi connectivity index (χ2v) is 6.29. The standard InChI is InChI=1S/C14H15NO3S/c1-11-5-7-13(8-6-11)19(17,18)15-9-3-4-14(15)12(2)10-16/h3-10,12H,1-2H3. The average molecular weight is 277 g/mol. The number of hydrogen-bond acceptors (Lipinski definition) is 3. The van der Waals surface area contributed by atoms with Gasteiger partial charge in [-0.2, -0.15) is 0 Å². The van der Waals surface area contributed by atoms with Crippen molar-refractivity contribution >= 4 is 16.3 Å². The van der Waals surface area contributed by atoms with Gasteiger partial charge in [0.05, 0.1) is 10.8 Å². The SMILES string of the molecule is Cc1ccc(S(=O)(=O)n2cccc2C(C)C=O)cc1. The van der Waals surface area contributed by atoms with Crippen molar-refractivity contribution in [2.45, 2.75) is 24.7 Å². The van der Waals surface area contributed by atoms with Crippen LogP contribution in [0.1, 0.15) is 24.1 Å². The van der Waals surface area contributed by atoms with Crippen molar-refractivity contribution in [3.8, 4) is 0 Å². The second-order valence-electron chi connectivity index (χ2n) is 4.47. The third-order valence-electron chi connectivity index (χ3n) is 2.99. The lowest BCUT2D eigenvalue weighted by atomic mass is 10.1. The minimum absolute atomic E-state index is 0.216. The zero-order valence-electron chi connectivity index (χ0n) is 10.8. The number of rotatable bonds is 4. The van der Waals surface area contributed by atoms with E-state index >= 15 is 0 Å². The molecule has 4 nitrogen and oxygen atoms in total. The Morgan fingerprint density at radius 1 is 1.16 bits per heavy atom. The summed E-state index contributed by atoms with van der Waals surface area (Å²) in [7, 11) is -3.64. The predicted octanol–water partition coefficient (Wildman–Crippen LogP) is 2.34. The van der Waals surface area contributed by atoms with Crippen LogP contribution in [-0.2, 0) is 14.8 Å². The predicted molar refractivity (Wildman–Crippen MR) is 72.7 cm³/mol. The Kier molecular flexibility index (Phi) is 3.57. The number of aromatic nitrogens is 1. The van der Waals surface area contributed by atoms with Crippen molar-refractivity contribution in [3.63, 3.8) is 0 Å². The zero-order chi connectivity index (χ0) is 14.0. The van der Waals surface area contributed by atoms with E-state index in [2.05, 4.69) is 0 Å². The Balaban J connectivity index is 2.54. The molecule has 0 aliphatic rings. The van der Waals surface area contributed by atoms with Gasteiger partial charge in [-0.05, 0) is 31.2 Å². The third-order valence-corrected chi connectivity index (χ3v) is 4.71. The van der Waals surface area contributed by atoms with Crippen LogP contribution in [0.15, 0.2) is 47.5 Å². The first-order valence-corrected chi connectivity index (χ1v) is 7.35. The van der Waals surface area contributed by atoms with E-state index in [1.54, 1.807) is 43.3 Å². The summed E-state index contributed by atoms with van der Waals surface area (Å²) in [6, 6.07) is 9.91. The topological polar surface area (TPSA) is 56.1 Å². The molecule has 5 heteroatoms. The van der Waals surface area contributed by atoms with Crippen LogP contribution in [0.25, 0.3) is 0 Å². The Labute approximate surface area is 112 Å².